The molecule has 0 aliphatic carbocycles. The van der Waals surface area contributed by atoms with Crippen LogP contribution in [0.15, 0.2) is 12.3 Å². The Bertz CT molecular complexity index is 696. The summed E-state index contributed by atoms with van der Waals surface area (Å²) in [7, 11) is 0. The first kappa shape index (κ1) is 55.3. The third-order valence-corrected chi connectivity index (χ3v) is 12.0. The van der Waals surface area contributed by atoms with Crippen molar-refractivity contribution < 1.29 is 0 Å². The van der Waals surface area contributed by atoms with Crippen LogP contribution < -0.4 is 27.4 Å². The molecule has 0 radical (unpaired) electrons. The maximum Gasteiger partial charge on any atom is 0.0463 e. The van der Waals surface area contributed by atoms with Crippen LogP contribution in [0, 0.1) is 0 Å². The predicted molar refractivity (Wildman–Crippen MR) is 254 cm³/mol. The van der Waals surface area contributed by atoms with Gasteiger partial charge >= 0.3 is 0 Å². The minimum Gasteiger partial charge on any atom is -0.386 e. The SMILES string of the molecule is C=C(NCCN(CCCCCCCCCCCCCCCCCC)CCCCCCCCCCCCCCCCCC)C(CCCNCCCN)NCCCN. The molecule has 0 fully saturated rings. The van der Waals surface area contributed by atoms with E-state index in [9.17, 15) is 0 Å². The van der Waals surface area contributed by atoms with E-state index in [4.69, 9.17) is 11.5 Å². The quantitative estimate of drug-likeness (QED) is 0.0394. The van der Waals surface area contributed by atoms with Crippen LogP contribution in [0.5, 0.6) is 0 Å². The van der Waals surface area contributed by atoms with Crippen LogP contribution in [-0.4, -0.2) is 69.8 Å². The molecule has 0 heterocycles. The molecule has 7 N–H and O–H groups in total. The third kappa shape index (κ3) is 42.9. The van der Waals surface area contributed by atoms with Crippen molar-refractivity contribution in [2.75, 3.05) is 58.9 Å². The number of nitrogens with two attached hydrogens (primary N) is 2. The molecule has 56 heavy (non-hydrogen) atoms. The number of unbranched alkanes of at least 4 members (excludes halogenated alkanes) is 30. The lowest BCUT2D eigenvalue weighted by Crippen LogP contribution is -2.40. The molecule has 0 aromatic carbocycles. The van der Waals surface area contributed by atoms with Gasteiger partial charge in [-0.2, -0.15) is 0 Å². The summed E-state index contributed by atoms with van der Waals surface area (Å²) in [4.78, 5) is 2.76. The Morgan fingerprint density at radius 1 is 0.411 bits per heavy atom. The fourth-order valence-electron chi connectivity index (χ4n) is 8.16. The number of hydrogen-bond donors (Lipinski definition) is 5. The Morgan fingerprint density at radius 2 is 0.750 bits per heavy atom. The number of hydrogen-bond acceptors (Lipinski definition) is 6. The van der Waals surface area contributed by atoms with Crippen LogP contribution >= 0.6 is 0 Å². The molecule has 1 atom stereocenters. The van der Waals surface area contributed by atoms with E-state index in [1.807, 2.05) is 0 Å². The van der Waals surface area contributed by atoms with Crippen LogP contribution in [0.3, 0.4) is 0 Å². The normalized spacial score (nSPS) is 12.2. The van der Waals surface area contributed by atoms with E-state index >= 15 is 0 Å². The van der Waals surface area contributed by atoms with Gasteiger partial charge in [-0.05, 0) is 84.3 Å². The summed E-state index contributed by atoms with van der Waals surface area (Å²) in [6, 6.07) is 0.298. The maximum absolute atomic E-state index is 5.80. The molecule has 6 nitrogen and oxygen atoms in total. The van der Waals surface area contributed by atoms with E-state index in [2.05, 4.69) is 41.3 Å². The van der Waals surface area contributed by atoms with Crippen molar-refractivity contribution in [3.8, 4) is 0 Å². The maximum atomic E-state index is 5.80. The fraction of sp³-hybridized carbons (Fsp3) is 0.960. The zero-order valence-corrected chi connectivity index (χ0v) is 38.7. The molecular weight excluding hydrogens is 685 g/mol. The van der Waals surface area contributed by atoms with Gasteiger partial charge in [-0.25, -0.2) is 0 Å². The predicted octanol–water partition coefficient (Wildman–Crippen LogP) is 12.9. The minimum atomic E-state index is 0.298. The lowest BCUT2D eigenvalue weighted by atomic mass is 10.0. The fourth-order valence-corrected chi connectivity index (χ4v) is 8.16. The summed E-state index contributed by atoms with van der Waals surface area (Å²) >= 11 is 0. The van der Waals surface area contributed by atoms with Gasteiger partial charge in [0, 0.05) is 24.8 Å². The second-order valence-corrected chi connectivity index (χ2v) is 17.6. The van der Waals surface area contributed by atoms with Crippen LogP contribution in [0.1, 0.15) is 245 Å². The van der Waals surface area contributed by atoms with Crippen molar-refractivity contribution in [1.82, 2.24) is 20.9 Å². The first-order valence-corrected chi connectivity index (χ1v) is 25.7. The summed E-state index contributed by atoms with van der Waals surface area (Å²) < 4.78 is 0. The molecule has 0 aliphatic rings. The first-order chi connectivity index (χ1) is 27.7. The molecule has 0 spiro atoms. The zero-order chi connectivity index (χ0) is 40.7. The molecule has 0 rings (SSSR count). The van der Waals surface area contributed by atoms with Crippen molar-refractivity contribution in [3.63, 3.8) is 0 Å². The highest BCUT2D eigenvalue weighted by Crippen LogP contribution is 2.16. The van der Waals surface area contributed by atoms with Gasteiger partial charge in [0.2, 0.25) is 0 Å². The Balaban J connectivity index is 4.39. The molecular formula is C50H106N6. The Morgan fingerprint density at radius 3 is 1.12 bits per heavy atom. The summed E-state index contributed by atoms with van der Waals surface area (Å²) in [5.41, 5.74) is 12.6. The molecule has 0 aliphatic heterocycles. The molecule has 0 bridgehead atoms. The minimum absolute atomic E-state index is 0.298. The smallest absolute Gasteiger partial charge is 0.0463 e. The van der Waals surface area contributed by atoms with Gasteiger partial charge in [0.15, 0.2) is 0 Å². The highest BCUT2D eigenvalue weighted by molar-refractivity contribution is 5.03. The topological polar surface area (TPSA) is 91.4 Å². The van der Waals surface area contributed by atoms with Crippen molar-refractivity contribution >= 4 is 0 Å². The average Bonchev–Trinajstić information content (AvgIpc) is 3.20. The molecule has 0 saturated carbocycles. The highest BCUT2D eigenvalue weighted by Gasteiger charge is 2.13. The van der Waals surface area contributed by atoms with E-state index < -0.39 is 0 Å². The molecule has 0 saturated heterocycles. The molecule has 0 aromatic heterocycles. The molecule has 0 aromatic rings. The van der Waals surface area contributed by atoms with Gasteiger partial charge in [-0.1, -0.05) is 213 Å². The van der Waals surface area contributed by atoms with Crippen LogP contribution in [-0.2, 0) is 0 Å². The first-order valence-electron chi connectivity index (χ1n) is 25.7. The van der Waals surface area contributed by atoms with Crippen LogP contribution in [0.25, 0.3) is 0 Å². The van der Waals surface area contributed by atoms with Crippen molar-refractivity contribution in [2.45, 2.75) is 251 Å². The van der Waals surface area contributed by atoms with Gasteiger partial charge in [0.05, 0.1) is 0 Å². The van der Waals surface area contributed by atoms with Crippen LogP contribution in [0.2, 0.25) is 0 Å². The lowest BCUT2D eigenvalue weighted by Gasteiger charge is -2.26. The third-order valence-electron chi connectivity index (χ3n) is 12.0. The van der Waals surface area contributed by atoms with Gasteiger partial charge in [-0.3, -0.25) is 0 Å². The number of rotatable bonds is 50. The average molecular weight is 791 g/mol. The lowest BCUT2D eigenvalue weighted by molar-refractivity contribution is 0.261. The van der Waals surface area contributed by atoms with Gasteiger partial charge < -0.3 is 32.3 Å². The van der Waals surface area contributed by atoms with E-state index in [0.717, 1.165) is 77.2 Å². The Labute approximate surface area is 353 Å². The summed E-state index contributed by atoms with van der Waals surface area (Å²) in [5, 5.41) is 11.0. The molecule has 336 valence electrons. The van der Waals surface area contributed by atoms with Crippen molar-refractivity contribution in [3.05, 3.63) is 12.3 Å². The monoisotopic (exact) mass is 791 g/mol. The van der Waals surface area contributed by atoms with E-state index in [0.29, 0.717) is 6.04 Å². The van der Waals surface area contributed by atoms with Gasteiger partial charge in [0.1, 0.15) is 0 Å². The number of nitrogens with zero attached hydrogens (tertiary/aromatic N) is 1. The van der Waals surface area contributed by atoms with Crippen molar-refractivity contribution in [1.29, 1.82) is 0 Å². The Kier molecular flexibility index (Phi) is 48.1. The van der Waals surface area contributed by atoms with E-state index in [-0.39, 0.29) is 0 Å². The van der Waals surface area contributed by atoms with Crippen LogP contribution in [0.4, 0.5) is 0 Å². The van der Waals surface area contributed by atoms with Crippen molar-refractivity contribution in [2.24, 2.45) is 11.5 Å². The second-order valence-electron chi connectivity index (χ2n) is 17.6. The number of nitrogens with one attached hydrogen (secondary N) is 3. The zero-order valence-electron chi connectivity index (χ0n) is 38.7. The highest BCUT2D eigenvalue weighted by atomic mass is 15.1. The molecule has 1 unspecified atom stereocenters. The summed E-state index contributed by atoms with van der Waals surface area (Å²) in [6.45, 7) is 18.2. The molecule has 6 heteroatoms. The summed E-state index contributed by atoms with van der Waals surface area (Å²) in [5.74, 6) is 0. The largest absolute Gasteiger partial charge is 0.386 e. The Hall–Kier alpha value is -0.660. The summed E-state index contributed by atoms with van der Waals surface area (Å²) in [6.07, 6.45) is 50.1. The van der Waals surface area contributed by atoms with E-state index in [1.165, 1.54) is 219 Å². The van der Waals surface area contributed by atoms with Gasteiger partial charge in [0.25, 0.3) is 0 Å². The van der Waals surface area contributed by atoms with Gasteiger partial charge in [-0.15, -0.1) is 0 Å². The molecule has 0 amide bonds. The second kappa shape index (κ2) is 48.7. The van der Waals surface area contributed by atoms with E-state index in [1.54, 1.807) is 0 Å². The standard InChI is InChI=1S/C50H106N6/c1-4-6-8-10-12-14-16-18-20-22-24-26-28-30-32-34-46-56(47-35-33-31-29-27-25-23-21-19-17-15-13-11-9-7-5-2)48-45-54-49(3)50(55-44-38-41-52)39-36-42-53-43-37-40-51/h50,53-55H,3-48,51-52H2,1-2H3.